The van der Waals surface area contributed by atoms with Crippen LogP contribution >= 0.6 is 0 Å². The van der Waals surface area contributed by atoms with Crippen LogP contribution in [0.25, 0.3) is 16.6 Å². The number of hydrogen-bond acceptors (Lipinski definition) is 4. The molecule has 2 heterocycles. The van der Waals surface area contributed by atoms with Crippen LogP contribution in [0.5, 0.6) is 0 Å². The van der Waals surface area contributed by atoms with Gasteiger partial charge in [-0.1, -0.05) is 18.2 Å². The molecule has 2 aromatic carbocycles. The van der Waals surface area contributed by atoms with Crippen molar-refractivity contribution in [1.29, 1.82) is 0 Å². The molecule has 158 valence electrons. The van der Waals surface area contributed by atoms with Crippen LogP contribution in [0.15, 0.2) is 53.3 Å². The number of aromatic nitrogens is 4. The molecule has 0 aliphatic heterocycles. The van der Waals surface area contributed by atoms with Gasteiger partial charge in [-0.15, -0.1) is 0 Å². The van der Waals surface area contributed by atoms with E-state index in [0.717, 1.165) is 34.3 Å². The van der Waals surface area contributed by atoms with Crippen LogP contribution in [0.2, 0.25) is 0 Å². The fraction of sp³-hybridized carbons (Fsp3) is 0.182. The minimum absolute atomic E-state index is 0.172. The number of hydrogen-bond donors (Lipinski definition) is 1. The lowest BCUT2D eigenvalue weighted by Gasteiger charge is -2.15. The van der Waals surface area contributed by atoms with Gasteiger partial charge in [-0.3, -0.25) is 9.59 Å². The van der Waals surface area contributed by atoms with E-state index in [1.54, 1.807) is 11.6 Å². The third-order valence-electron chi connectivity index (χ3n) is 5.08. The molecule has 2 aromatic heterocycles. The van der Waals surface area contributed by atoms with Crippen molar-refractivity contribution >= 4 is 22.5 Å². The number of halogens is 2. The number of nitrogens with one attached hydrogen (secondary N) is 1. The van der Waals surface area contributed by atoms with Gasteiger partial charge in [0.15, 0.2) is 5.52 Å². The largest absolute Gasteiger partial charge is 0.322 e. The lowest BCUT2D eigenvalue weighted by atomic mass is 10.2. The Bertz CT molecular complexity index is 1360. The number of anilines is 1. The zero-order valence-electron chi connectivity index (χ0n) is 17.1. The van der Waals surface area contributed by atoms with Gasteiger partial charge in [0.2, 0.25) is 5.91 Å². The topological polar surface area (TPSA) is 81.8 Å². The average molecular weight is 423 g/mol. The molecule has 4 rings (SSSR count). The van der Waals surface area contributed by atoms with Gasteiger partial charge >= 0.3 is 0 Å². The number of rotatable bonds is 4. The summed E-state index contributed by atoms with van der Waals surface area (Å²) < 4.78 is 29.9. The van der Waals surface area contributed by atoms with Crippen LogP contribution in [-0.2, 0) is 4.79 Å². The molecular weight excluding hydrogens is 404 g/mol. The van der Waals surface area contributed by atoms with Crippen LogP contribution in [0.3, 0.4) is 0 Å². The summed E-state index contributed by atoms with van der Waals surface area (Å²) in [5.41, 5.74) is 1.35. The molecule has 0 unspecified atom stereocenters. The summed E-state index contributed by atoms with van der Waals surface area (Å²) in [6, 6.07) is 11.0. The highest BCUT2D eigenvalue weighted by Gasteiger charge is 2.24. The van der Waals surface area contributed by atoms with Crippen LogP contribution in [0.1, 0.15) is 24.4 Å². The van der Waals surface area contributed by atoms with Gasteiger partial charge in [-0.05, 0) is 45.0 Å². The van der Waals surface area contributed by atoms with Crippen molar-refractivity contribution < 1.29 is 13.6 Å². The molecule has 0 radical (unpaired) electrons. The highest BCUT2D eigenvalue weighted by Crippen LogP contribution is 2.22. The number of aryl methyl sites for hydroxylation is 2. The monoisotopic (exact) mass is 423 g/mol. The van der Waals surface area contributed by atoms with Gasteiger partial charge in [0.25, 0.3) is 5.56 Å². The number of fused-ring (bicyclic) bond motifs is 1. The minimum atomic E-state index is -1.08. The van der Waals surface area contributed by atoms with Crippen LogP contribution in [-0.4, -0.2) is 25.5 Å². The van der Waals surface area contributed by atoms with E-state index in [0.29, 0.717) is 11.1 Å². The van der Waals surface area contributed by atoms with E-state index in [2.05, 4.69) is 15.5 Å². The summed E-state index contributed by atoms with van der Waals surface area (Å²) in [5, 5.41) is 11.7. The molecule has 1 atom stereocenters. The normalized spacial score (nSPS) is 12.2. The molecule has 9 heteroatoms. The number of nitrogens with zero attached hydrogens (tertiary/aromatic N) is 4. The van der Waals surface area contributed by atoms with Crippen molar-refractivity contribution in [3.8, 4) is 5.69 Å². The zero-order valence-corrected chi connectivity index (χ0v) is 17.1. The molecule has 0 saturated carbocycles. The second-order valence-electron chi connectivity index (χ2n) is 7.18. The highest BCUT2D eigenvalue weighted by atomic mass is 19.1. The predicted octanol–water partition coefficient (Wildman–Crippen LogP) is 3.68. The Kier molecular flexibility index (Phi) is 5.10. The summed E-state index contributed by atoms with van der Waals surface area (Å²) in [6.45, 7) is 5.01. The first kappa shape index (κ1) is 20.4. The molecule has 0 fully saturated rings. The van der Waals surface area contributed by atoms with E-state index in [4.69, 9.17) is 0 Å². The second kappa shape index (κ2) is 7.75. The number of amides is 1. The van der Waals surface area contributed by atoms with E-state index in [1.807, 2.05) is 37.3 Å². The predicted molar refractivity (Wildman–Crippen MR) is 112 cm³/mol. The maximum absolute atomic E-state index is 13.9. The third kappa shape index (κ3) is 3.58. The van der Waals surface area contributed by atoms with Crippen molar-refractivity contribution in [2.45, 2.75) is 26.8 Å². The number of carbonyl (C=O) groups is 1. The number of para-hydroxylation sites is 1. The van der Waals surface area contributed by atoms with E-state index in [1.165, 1.54) is 6.92 Å². The fourth-order valence-electron chi connectivity index (χ4n) is 3.48. The van der Waals surface area contributed by atoms with Gasteiger partial charge < -0.3 is 5.32 Å². The summed E-state index contributed by atoms with van der Waals surface area (Å²) in [6.07, 6.45) is 0. The van der Waals surface area contributed by atoms with Crippen LogP contribution in [0, 0.1) is 25.5 Å². The minimum Gasteiger partial charge on any atom is -0.322 e. The Morgan fingerprint density at radius 2 is 1.77 bits per heavy atom. The van der Waals surface area contributed by atoms with E-state index in [-0.39, 0.29) is 11.2 Å². The summed E-state index contributed by atoms with van der Waals surface area (Å²) in [7, 11) is 0. The first-order valence-electron chi connectivity index (χ1n) is 9.58. The fourth-order valence-corrected chi connectivity index (χ4v) is 3.48. The summed E-state index contributed by atoms with van der Waals surface area (Å²) in [5.74, 6) is -2.19. The van der Waals surface area contributed by atoms with Gasteiger partial charge in [0, 0.05) is 6.07 Å². The second-order valence-corrected chi connectivity index (χ2v) is 7.18. The molecule has 31 heavy (non-hydrogen) atoms. The highest BCUT2D eigenvalue weighted by molar-refractivity contribution is 5.93. The summed E-state index contributed by atoms with van der Waals surface area (Å²) in [4.78, 5) is 25.8. The molecule has 0 aliphatic carbocycles. The molecule has 1 amide bonds. The summed E-state index contributed by atoms with van der Waals surface area (Å²) >= 11 is 0. The molecule has 0 spiro atoms. The maximum atomic E-state index is 13.9. The van der Waals surface area contributed by atoms with Crippen LogP contribution < -0.4 is 10.9 Å². The first-order chi connectivity index (χ1) is 14.8. The Labute approximate surface area is 175 Å². The number of benzene rings is 2. The van der Waals surface area contributed by atoms with Crippen molar-refractivity contribution in [2.24, 2.45) is 0 Å². The van der Waals surface area contributed by atoms with Crippen molar-refractivity contribution in [1.82, 2.24) is 19.6 Å². The van der Waals surface area contributed by atoms with Gasteiger partial charge in [-0.2, -0.15) is 10.2 Å². The lowest BCUT2D eigenvalue weighted by molar-refractivity contribution is -0.119. The Morgan fingerprint density at radius 1 is 1.06 bits per heavy atom. The van der Waals surface area contributed by atoms with Crippen molar-refractivity contribution in [2.75, 3.05) is 5.32 Å². The maximum Gasteiger partial charge on any atom is 0.295 e. The molecule has 7 nitrogen and oxygen atoms in total. The first-order valence-corrected chi connectivity index (χ1v) is 9.58. The SMILES string of the molecule is Cc1nn([C@H](C)C(=O)Nc2cc(F)ccc2F)c(=O)c2nn(-c3ccccc3)c(C)c12. The molecular formula is C22H19F2N5O2. The van der Waals surface area contributed by atoms with Gasteiger partial charge in [0.05, 0.1) is 28.1 Å². The van der Waals surface area contributed by atoms with Gasteiger partial charge in [0.1, 0.15) is 17.7 Å². The van der Waals surface area contributed by atoms with E-state index in [9.17, 15) is 18.4 Å². The quantitative estimate of drug-likeness (QED) is 0.543. The van der Waals surface area contributed by atoms with Crippen molar-refractivity contribution in [3.05, 3.63) is 81.9 Å². The smallest absolute Gasteiger partial charge is 0.295 e. The third-order valence-corrected chi connectivity index (χ3v) is 5.08. The molecule has 4 aromatic rings. The molecule has 0 aliphatic rings. The van der Waals surface area contributed by atoms with Crippen molar-refractivity contribution in [3.63, 3.8) is 0 Å². The van der Waals surface area contributed by atoms with E-state index < -0.39 is 29.1 Å². The zero-order chi connectivity index (χ0) is 22.3. The lowest BCUT2D eigenvalue weighted by Crippen LogP contribution is -2.34. The number of carbonyl (C=O) groups excluding carboxylic acids is 1. The van der Waals surface area contributed by atoms with E-state index >= 15 is 0 Å². The molecule has 0 saturated heterocycles. The Hall–Kier alpha value is -3.88. The Morgan fingerprint density at radius 3 is 2.48 bits per heavy atom. The van der Waals surface area contributed by atoms with Crippen LogP contribution in [0.4, 0.5) is 14.5 Å². The molecule has 1 N–H and O–H groups in total. The standard InChI is InChI=1S/C22H19F2N5O2/c1-12-19-13(2)28(16-7-5-4-6-8-16)27-20(19)22(31)29(26-12)14(3)21(30)25-18-11-15(23)9-10-17(18)24/h4-11,14H,1-3H3,(H,25,30)/t14-/m1/s1. The Balaban J connectivity index is 1.76. The molecule has 0 bridgehead atoms. The average Bonchev–Trinajstić information content (AvgIpc) is 3.11. The van der Waals surface area contributed by atoms with Gasteiger partial charge in [-0.25, -0.2) is 18.1 Å².